The third-order valence-corrected chi connectivity index (χ3v) is 4.22. The molecule has 0 radical (unpaired) electrons. The lowest BCUT2D eigenvalue weighted by atomic mass is 9.91. The highest BCUT2D eigenvalue weighted by atomic mass is 16.6. The first-order valence-corrected chi connectivity index (χ1v) is 7.85. The molecule has 24 heavy (non-hydrogen) atoms. The Balaban J connectivity index is 1.76. The van der Waals surface area contributed by atoms with Gasteiger partial charge in [-0.05, 0) is 26.0 Å². The van der Waals surface area contributed by atoms with Crippen molar-refractivity contribution in [3.8, 4) is 11.8 Å². The molecule has 0 spiro atoms. The maximum Gasteiger partial charge on any atom is 0.417 e. The molecule has 2 aromatic rings. The number of benzene rings is 1. The minimum absolute atomic E-state index is 0.177. The zero-order valence-corrected chi connectivity index (χ0v) is 14.0. The van der Waals surface area contributed by atoms with Gasteiger partial charge in [-0.2, -0.15) is 0 Å². The molecule has 5 heteroatoms. The molecule has 0 N–H and O–H groups in total. The summed E-state index contributed by atoms with van der Waals surface area (Å²) in [5, 5.41) is 0. The Morgan fingerprint density at radius 2 is 1.75 bits per heavy atom. The summed E-state index contributed by atoms with van der Waals surface area (Å²) < 4.78 is 5.47. The van der Waals surface area contributed by atoms with Crippen LogP contribution < -0.4 is 4.90 Å². The molecule has 0 saturated carbocycles. The summed E-state index contributed by atoms with van der Waals surface area (Å²) in [6, 6.07) is 9.70. The van der Waals surface area contributed by atoms with Gasteiger partial charge in [-0.25, -0.2) is 19.7 Å². The molecule has 1 aliphatic rings. The Labute approximate surface area is 141 Å². The van der Waals surface area contributed by atoms with Gasteiger partial charge >= 0.3 is 6.09 Å². The van der Waals surface area contributed by atoms with Gasteiger partial charge in [0.25, 0.3) is 0 Å². The van der Waals surface area contributed by atoms with Crippen LogP contribution in [0.2, 0.25) is 0 Å². The number of hydrogen-bond donors (Lipinski definition) is 0. The van der Waals surface area contributed by atoms with Crippen LogP contribution in [-0.4, -0.2) is 28.2 Å². The van der Waals surface area contributed by atoms with Crippen molar-refractivity contribution in [1.29, 1.82) is 0 Å². The molecule has 1 saturated heterocycles. The summed E-state index contributed by atoms with van der Waals surface area (Å²) in [7, 11) is 0. The fraction of sp³-hybridized carbons (Fsp3) is 0.316. The van der Waals surface area contributed by atoms with E-state index in [2.05, 4.69) is 21.8 Å². The first-order valence-electron chi connectivity index (χ1n) is 7.85. The Bertz CT molecular complexity index is 789. The summed E-state index contributed by atoms with van der Waals surface area (Å²) in [5.74, 6) is 6.58. The number of carbonyl (C=O) groups is 1. The minimum atomic E-state index is -0.477. The molecular formula is C19H19N3O2. The third-order valence-electron chi connectivity index (χ3n) is 4.22. The van der Waals surface area contributed by atoms with Gasteiger partial charge in [-0.15, -0.1) is 0 Å². The number of aromatic nitrogens is 2. The molecule has 0 bridgehead atoms. The van der Waals surface area contributed by atoms with E-state index in [1.165, 1.54) is 4.90 Å². The van der Waals surface area contributed by atoms with E-state index in [1.807, 2.05) is 51.1 Å². The molecule has 1 unspecified atom stereocenters. The first kappa shape index (κ1) is 16.0. The van der Waals surface area contributed by atoms with E-state index in [1.54, 1.807) is 12.4 Å². The van der Waals surface area contributed by atoms with Gasteiger partial charge in [0.2, 0.25) is 5.95 Å². The zero-order valence-electron chi connectivity index (χ0n) is 14.0. The van der Waals surface area contributed by atoms with Crippen LogP contribution in [0.1, 0.15) is 31.9 Å². The lowest BCUT2D eigenvalue weighted by Gasteiger charge is -2.40. The summed E-state index contributed by atoms with van der Waals surface area (Å²) in [6.07, 6.45) is 2.83. The van der Waals surface area contributed by atoms with Crippen molar-refractivity contribution in [3.63, 3.8) is 0 Å². The smallest absolute Gasteiger partial charge is 0.417 e. The molecule has 3 rings (SSSR count). The number of carbonyl (C=O) groups excluding carboxylic acids is 1. The number of rotatable bonds is 1. The SMILES string of the molecule is CC1CN(c2ncc(C#Cc3ccccc3)cn2)C(=O)OC1(C)C. The van der Waals surface area contributed by atoms with Crippen molar-refractivity contribution in [1.82, 2.24) is 9.97 Å². The van der Waals surface area contributed by atoms with Gasteiger partial charge in [0.1, 0.15) is 5.60 Å². The van der Waals surface area contributed by atoms with Gasteiger partial charge in [-0.3, -0.25) is 0 Å². The van der Waals surface area contributed by atoms with Gasteiger partial charge in [-0.1, -0.05) is 37.0 Å². The Kier molecular flexibility index (Phi) is 4.22. The first-order chi connectivity index (χ1) is 11.5. The highest BCUT2D eigenvalue weighted by Crippen LogP contribution is 2.29. The van der Waals surface area contributed by atoms with E-state index in [-0.39, 0.29) is 5.92 Å². The number of cyclic esters (lactones) is 1. The predicted octanol–water partition coefficient (Wildman–Crippen LogP) is 3.25. The summed E-state index contributed by atoms with van der Waals surface area (Å²) in [5.41, 5.74) is 1.15. The van der Waals surface area contributed by atoms with Crippen molar-refractivity contribution < 1.29 is 9.53 Å². The van der Waals surface area contributed by atoms with Crippen LogP contribution in [0.15, 0.2) is 42.7 Å². The molecule has 5 nitrogen and oxygen atoms in total. The van der Waals surface area contributed by atoms with Crippen molar-refractivity contribution in [2.75, 3.05) is 11.4 Å². The Morgan fingerprint density at radius 3 is 2.42 bits per heavy atom. The zero-order chi connectivity index (χ0) is 17.2. The van der Waals surface area contributed by atoms with Crippen LogP contribution in [0.4, 0.5) is 10.7 Å². The number of anilines is 1. The van der Waals surface area contributed by atoms with Crippen molar-refractivity contribution in [3.05, 3.63) is 53.9 Å². The third kappa shape index (κ3) is 3.38. The molecule has 0 aliphatic carbocycles. The number of hydrogen-bond acceptors (Lipinski definition) is 4. The highest BCUT2D eigenvalue weighted by Gasteiger charge is 2.40. The molecule has 1 aliphatic heterocycles. The maximum absolute atomic E-state index is 12.1. The molecule has 1 amide bonds. The average Bonchev–Trinajstić information content (AvgIpc) is 2.57. The van der Waals surface area contributed by atoms with E-state index in [9.17, 15) is 4.79 Å². The summed E-state index contributed by atoms with van der Waals surface area (Å²) in [4.78, 5) is 22.1. The second kappa shape index (κ2) is 6.32. The Hall–Kier alpha value is -2.87. The minimum Gasteiger partial charge on any atom is -0.443 e. The lowest BCUT2D eigenvalue weighted by molar-refractivity contribution is -0.0127. The van der Waals surface area contributed by atoms with Crippen molar-refractivity contribution in [2.45, 2.75) is 26.4 Å². The number of ether oxygens (including phenoxy) is 1. The number of amides is 1. The fourth-order valence-corrected chi connectivity index (χ4v) is 2.30. The molecule has 1 aromatic carbocycles. The standard InChI is InChI=1S/C19H19N3O2/c1-14-13-22(18(23)24-19(14,2)3)17-20-11-16(12-21-17)10-9-15-7-5-4-6-8-15/h4-8,11-12,14H,13H2,1-3H3. The predicted molar refractivity (Wildman–Crippen MR) is 91.5 cm³/mol. The van der Waals surface area contributed by atoms with Crippen LogP contribution in [0, 0.1) is 17.8 Å². The van der Waals surface area contributed by atoms with Crippen LogP contribution in [-0.2, 0) is 4.74 Å². The van der Waals surface area contributed by atoms with Crippen LogP contribution in [0.25, 0.3) is 0 Å². The van der Waals surface area contributed by atoms with Gasteiger partial charge in [0, 0.05) is 30.4 Å². The lowest BCUT2D eigenvalue weighted by Crippen LogP contribution is -2.52. The van der Waals surface area contributed by atoms with E-state index in [4.69, 9.17) is 4.74 Å². The molecule has 2 heterocycles. The van der Waals surface area contributed by atoms with E-state index < -0.39 is 11.7 Å². The molecule has 1 fully saturated rings. The molecular weight excluding hydrogens is 302 g/mol. The van der Waals surface area contributed by atoms with Gasteiger partial charge < -0.3 is 4.74 Å². The topological polar surface area (TPSA) is 55.3 Å². The normalized spacial score (nSPS) is 19.2. The summed E-state index contributed by atoms with van der Waals surface area (Å²) >= 11 is 0. The summed E-state index contributed by atoms with van der Waals surface area (Å²) in [6.45, 7) is 6.39. The second-order valence-corrected chi connectivity index (χ2v) is 6.37. The maximum atomic E-state index is 12.1. The largest absolute Gasteiger partial charge is 0.443 e. The van der Waals surface area contributed by atoms with Crippen LogP contribution in [0.3, 0.4) is 0 Å². The molecule has 1 aromatic heterocycles. The quantitative estimate of drug-likeness (QED) is 0.757. The van der Waals surface area contributed by atoms with E-state index in [0.29, 0.717) is 18.1 Å². The van der Waals surface area contributed by atoms with Gasteiger partial charge in [0.15, 0.2) is 0 Å². The average molecular weight is 321 g/mol. The Morgan fingerprint density at radius 1 is 1.12 bits per heavy atom. The molecule has 122 valence electrons. The second-order valence-electron chi connectivity index (χ2n) is 6.37. The molecule has 1 atom stereocenters. The fourth-order valence-electron chi connectivity index (χ4n) is 2.30. The van der Waals surface area contributed by atoms with Crippen molar-refractivity contribution >= 4 is 12.0 Å². The number of nitrogens with zero attached hydrogens (tertiary/aromatic N) is 3. The van der Waals surface area contributed by atoms with Gasteiger partial charge in [0.05, 0.1) is 5.56 Å². The van der Waals surface area contributed by atoms with Crippen LogP contribution in [0.5, 0.6) is 0 Å². The van der Waals surface area contributed by atoms with E-state index in [0.717, 1.165) is 5.56 Å². The van der Waals surface area contributed by atoms with E-state index >= 15 is 0 Å². The highest BCUT2D eigenvalue weighted by molar-refractivity contribution is 5.86. The van der Waals surface area contributed by atoms with Crippen LogP contribution >= 0.6 is 0 Å². The monoisotopic (exact) mass is 321 g/mol. The van der Waals surface area contributed by atoms with Crippen molar-refractivity contribution in [2.24, 2.45) is 5.92 Å².